The van der Waals surface area contributed by atoms with Crippen molar-refractivity contribution < 1.29 is 14.3 Å². The van der Waals surface area contributed by atoms with Crippen molar-refractivity contribution in [2.75, 3.05) is 65.5 Å². The van der Waals surface area contributed by atoms with E-state index >= 15 is 0 Å². The Morgan fingerprint density at radius 1 is 1.35 bits per heavy atom. The van der Waals surface area contributed by atoms with Gasteiger partial charge in [0.1, 0.15) is 12.3 Å². The van der Waals surface area contributed by atoms with E-state index in [0.29, 0.717) is 11.9 Å². The lowest BCUT2D eigenvalue weighted by Gasteiger charge is -2.35. The van der Waals surface area contributed by atoms with Crippen molar-refractivity contribution in [2.24, 2.45) is 10.9 Å². The zero-order valence-electron chi connectivity index (χ0n) is 18.8. The minimum absolute atomic E-state index is 0. The second-order valence-corrected chi connectivity index (χ2v) is 8.19. The first kappa shape index (κ1) is 25.5. The molecule has 3 rings (SSSR count). The summed E-state index contributed by atoms with van der Waals surface area (Å²) in [5, 5.41) is 6.98. The maximum Gasteiger partial charge on any atom is 0.243 e. The van der Waals surface area contributed by atoms with E-state index in [1.54, 1.807) is 26.1 Å². The predicted octanol–water partition coefficient (Wildman–Crippen LogP) is 1.94. The van der Waals surface area contributed by atoms with Gasteiger partial charge in [0, 0.05) is 64.0 Å². The van der Waals surface area contributed by atoms with Gasteiger partial charge < -0.3 is 29.9 Å². The highest BCUT2D eigenvalue weighted by atomic mass is 127. The van der Waals surface area contributed by atoms with Gasteiger partial charge in [-0.25, -0.2) is 4.99 Å². The van der Waals surface area contributed by atoms with E-state index < -0.39 is 0 Å². The van der Waals surface area contributed by atoms with Crippen LogP contribution in [0.1, 0.15) is 19.3 Å². The van der Waals surface area contributed by atoms with Crippen molar-refractivity contribution >= 4 is 41.5 Å². The highest BCUT2D eigenvalue weighted by Crippen LogP contribution is 2.24. The molecule has 1 aromatic rings. The fraction of sp³-hybridized carbons (Fsp3) is 0.636. The van der Waals surface area contributed by atoms with Gasteiger partial charge in [-0.1, -0.05) is 6.07 Å². The number of piperidine rings is 1. The van der Waals surface area contributed by atoms with Crippen LogP contribution in [0.4, 0.5) is 5.69 Å². The summed E-state index contributed by atoms with van der Waals surface area (Å²) in [4.78, 5) is 20.5. The Kier molecular flexibility index (Phi) is 10.7. The van der Waals surface area contributed by atoms with Crippen LogP contribution in [0.5, 0.6) is 5.75 Å². The molecule has 0 bridgehead atoms. The quantitative estimate of drug-likeness (QED) is 0.310. The Morgan fingerprint density at radius 2 is 2.19 bits per heavy atom. The van der Waals surface area contributed by atoms with Crippen molar-refractivity contribution in [1.29, 1.82) is 0 Å². The third-order valence-electron chi connectivity index (χ3n) is 5.63. The molecule has 0 radical (unpaired) electrons. The van der Waals surface area contributed by atoms with E-state index in [-0.39, 0.29) is 42.5 Å². The largest absolute Gasteiger partial charge is 0.497 e. The molecule has 0 aromatic heterocycles. The van der Waals surface area contributed by atoms with Crippen molar-refractivity contribution in [3.63, 3.8) is 0 Å². The average molecular weight is 545 g/mol. The molecular weight excluding hydrogens is 509 g/mol. The van der Waals surface area contributed by atoms with Crippen molar-refractivity contribution in [2.45, 2.75) is 25.3 Å². The van der Waals surface area contributed by atoms with Crippen LogP contribution in [0.25, 0.3) is 0 Å². The summed E-state index contributed by atoms with van der Waals surface area (Å²) < 4.78 is 10.8. The number of ether oxygens (including phenoxy) is 2. The van der Waals surface area contributed by atoms with Crippen LogP contribution in [0.15, 0.2) is 29.3 Å². The summed E-state index contributed by atoms with van der Waals surface area (Å²) in [6, 6.07) is 8.44. The Morgan fingerprint density at radius 3 is 2.90 bits per heavy atom. The number of rotatable bonds is 7. The highest BCUT2D eigenvalue weighted by molar-refractivity contribution is 14.0. The van der Waals surface area contributed by atoms with E-state index in [1.165, 1.54) is 0 Å². The summed E-state index contributed by atoms with van der Waals surface area (Å²) in [6.45, 7) is 4.43. The molecule has 9 heteroatoms. The maximum absolute atomic E-state index is 12.0. The number of amides is 1. The molecule has 2 N–H and O–H groups in total. The van der Waals surface area contributed by atoms with Crippen LogP contribution in [0.3, 0.4) is 0 Å². The van der Waals surface area contributed by atoms with Crippen molar-refractivity contribution in [3.8, 4) is 5.75 Å². The Hall–Kier alpha value is -1.75. The number of aliphatic imine (C=N–C) groups is 1. The second-order valence-electron chi connectivity index (χ2n) is 8.19. The topological polar surface area (TPSA) is 78.4 Å². The summed E-state index contributed by atoms with van der Waals surface area (Å²) in [5.74, 6) is 2.05. The zero-order valence-corrected chi connectivity index (χ0v) is 21.1. The first-order valence-electron chi connectivity index (χ1n) is 10.8. The monoisotopic (exact) mass is 545 g/mol. The maximum atomic E-state index is 12.0. The lowest BCUT2D eigenvalue weighted by atomic mass is 10.0. The van der Waals surface area contributed by atoms with Crippen molar-refractivity contribution in [1.82, 2.24) is 15.5 Å². The van der Waals surface area contributed by atoms with Gasteiger partial charge in [-0.2, -0.15) is 0 Å². The number of likely N-dealkylation sites (N-methyl/N-ethyl adjacent to an activating group) is 1. The molecule has 1 aromatic carbocycles. The summed E-state index contributed by atoms with van der Waals surface area (Å²) in [6.07, 6.45) is 3.22. The van der Waals surface area contributed by atoms with Gasteiger partial charge in [0.15, 0.2) is 5.96 Å². The smallest absolute Gasteiger partial charge is 0.243 e. The van der Waals surface area contributed by atoms with Crippen LogP contribution >= 0.6 is 24.0 Å². The molecule has 2 atom stereocenters. The molecular formula is C22H36IN5O3. The minimum atomic E-state index is -0.0121. The van der Waals surface area contributed by atoms with Crippen LogP contribution in [0.2, 0.25) is 0 Å². The van der Waals surface area contributed by atoms with Crippen LogP contribution in [-0.2, 0) is 9.53 Å². The minimum Gasteiger partial charge on any atom is -0.497 e. The second kappa shape index (κ2) is 12.9. The molecule has 2 fully saturated rings. The summed E-state index contributed by atoms with van der Waals surface area (Å²) in [5.41, 5.74) is 1.16. The molecule has 2 unspecified atom stereocenters. The number of carbonyl (C=O) groups is 1. The van der Waals surface area contributed by atoms with E-state index in [1.807, 2.05) is 12.1 Å². The van der Waals surface area contributed by atoms with Gasteiger partial charge >= 0.3 is 0 Å². The standard InChI is InChI=1S/C22H35N5O3.HI/c1-26(2)21(28)14-24-22(23-13-17-9-11-30-16-17)25-18-6-5-10-27(15-18)19-7-4-8-20(12-19)29-3;/h4,7-8,12,17-18H,5-6,9-11,13-16H2,1-3H3,(H2,23,24,25);1H. The Balaban J connectivity index is 0.00000341. The summed E-state index contributed by atoms with van der Waals surface area (Å²) in [7, 11) is 5.20. The third kappa shape index (κ3) is 8.03. The molecule has 2 heterocycles. The van der Waals surface area contributed by atoms with E-state index in [2.05, 4.69) is 32.7 Å². The van der Waals surface area contributed by atoms with E-state index in [4.69, 9.17) is 9.47 Å². The van der Waals surface area contributed by atoms with Crippen LogP contribution in [-0.4, -0.2) is 83.4 Å². The number of hydrogen-bond donors (Lipinski definition) is 2. The average Bonchev–Trinajstić information content (AvgIpc) is 3.29. The number of halogens is 1. The van der Waals surface area contributed by atoms with Gasteiger partial charge in [-0.3, -0.25) is 4.79 Å². The Labute approximate surface area is 202 Å². The molecule has 2 aliphatic rings. The van der Waals surface area contributed by atoms with E-state index in [9.17, 15) is 4.79 Å². The molecule has 31 heavy (non-hydrogen) atoms. The number of hydrogen-bond acceptors (Lipinski definition) is 5. The highest BCUT2D eigenvalue weighted by Gasteiger charge is 2.22. The summed E-state index contributed by atoms with van der Waals surface area (Å²) >= 11 is 0. The van der Waals surface area contributed by atoms with Gasteiger partial charge in [0.05, 0.1) is 13.7 Å². The number of nitrogens with zero attached hydrogens (tertiary/aromatic N) is 3. The molecule has 8 nitrogen and oxygen atoms in total. The third-order valence-corrected chi connectivity index (χ3v) is 5.63. The molecule has 1 amide bonds. The van der Waals surface area contributed by atoms with Crippen molar-refractivity contribution in [3.05, 3.63) is 24.3 Å². The molecule has 2 aliphatic heterocycles. The number of methoxy groups -OCH3 is 1. The molecule has 0 aliphatic carbocycles. The number of benzene rings is 1. The SMILES string of the molecule is COc1cccc(N2CCCC(NC(=NCC(=O)N(C)C)NCC3CCOC3)C2)c1.I. The Bertz CT molecular complexity index is 725. The fourth-order valence-corrected chi connectivity index (χ4v) is 3.76. The first-order valence-corrected chi connectivity index (χ1v) is 10.8. The number of anilines is 1. The lowest BCUT2D eigenvalue weighted by molar-refractivity contribution is -0.127. The van der Waals surface area contributed by atoms with Gasteiger partial charge in [-0.05, 0) is 31.4 Å². The zero-order chi connectivity index (χ0) is 21.3. The number of carbonyl (C=O) groups excluding carboxylic acids is 1. The normalized spacial score (nSPS) is 21.3. The van der Waals surface area contributed by atoms with Crippen LogP contribution < -0.4 is 20.3 Å². The van der Waals surface area contributed by atoms with Gasteiger partial charge in [0.25, 0.3) is 0 Å². The molecule has 0 spiro atoms. The van der Waals surface area contributed by atoms with Crippen LogP contribution in [0, 0.1) is 5.92 Å². The van der Waals surface area contributed by atoms with Gasteiger partial charge in [-0.15, -0.1) is 24.0 Å². The first-order chi connectivity index (χ1) is 14.5. The predicted molar refractivity (Wildman–Crippen MR) is 135 cm³/mol. The molecule has 174 valence electrons. The van der Waals surface area contributed by atoms with Gasteiger partial charge in [0.2, 0.25) is 5.91 Å². The molecule has 2 saturated heterocycles. The number of nitrogens with one attached hydrogen (secondary N) is 2. The van der Waals surface area contributed by atoms with E-state index in [0.717, 1.165) is 63.5 Å². The fourth-order valence-electron chi connectivity index (χ4n) is 3.76. The lowest BCUT2D eigenvalue weighted by Crippen LogP contribution is -2.52. The molecule has 0 saturated carbocycles. The number of guanidine groups is 1.